The van der Waals surface area contributed by atoms with E-state index in [9.17, 15) is 0 Å². The Bertz CT molecular complexity index is 2900. The van der Waals surface area contributed by atoms with Gasteiger partial charge in [-0.2, -0.15) is 0 Å². The van der Waals surface area contributed by atoms with Gasteiger partial charge >= 0.3 is 0 Å². The van der Waals surface area contributed by atoms with Crippen LogP contribution in [0.15, 0.2) is 254 Å². The van der Waals surface area contributed by atoms with Crippen LogP contribution >= 0.6 is 0 Å². The normalized spacial score (nSPS) is 16.5. The van der Waals surface area contributed by atoms with Crippen LogP contribution < -0.4 is 9.80 Å². The van der Waals surface area contributed by atoms with Crippen molar-refractivity contribution >= 4 is 22.7 Å². The van der Waals surface area contributed by atoms with Gasteiger partial charge in [-0.15, -0.1) is 0 Å². The van der Waals surface area contributed by atoms with Crippen molar-refractivity contribution in [2.24, 2.45) is 11.8 Å². The van der Waals surface area contributed by atoms with E-state index in [-0.39, 0.29) is 0 Å². The minimum absolute atomic E-state index is 0.295. The zero-order valence-electron chi connectivity index (χ0n) is 35.9. The summed E-state index contributed by atoms with van der Waals surface area (Å²) in [5.74, 6) is 0.858. The van der Waals surface area contributed by atoms with Gasteiger partial charge in [0.05, 0.1) is 5.69 Å². The van der Waals surface area contributed by atoms with E-state index in [0.29, 0.717) is 17.9 Å². The van der Waals surface area contributed by atoms with Crippen LogP contribution in [-0.2, 0) is 0 Å². The van der Waals surface area contributed by atoms with E-state index in [1.165, 1.54) is 90.5 Å². The minimum Gasteiger partial charge on any atom is -0.338 e. The van der Waals surface area contributed by atoms with E-state index in [2.05, 4.69) is 259 Å². The van der Waals surface area contributed by atoms with Gasteiger partial charge < -0.3 is 9.80 Å². The lowest BCUT2D eigenvalue weighted by molar-refractivity contribution is 0.161. The largest absolute Gasteiger partial charge is 0.338 e. The Morgan fingerprint density at radius 1 is 0.328 bits per heavy atom. The van der Waals surface area contributed by atoms with Crippen LogP contribution in [0, 0.1) is 11.8 Å². The van der Waals surface area contributed by atoms with Crippen LogP contribution in [0.1, 0.15) is 19.3 Å². The molecule has 0 bridgehead atoms. The Labute approximate surface area is 378 Å². The number of rotatable bonds is 11. The molecule has 0 heterocycles. The molecule has 0 saturated heterocycles. The minimum atomic E-state index is 0.295. The molecule has 2 nitrogen and oxygen atoms in total. The van der Waals surface area contributed by atoms with Crippen molar-refractivity contribution in [3.63, 3.8) is 0 Å². The Kier molecular flexibility index (Phi) is 10.8. The highest BCUT2D eigenvalue weighted by molar-refractivity contribution is 5.89. The molecular formula is C62H50N2. The molecule has 0 aliphatic heterocycles. The third-order valence-corrected chi connectivity index (χ3v) is 13.5. The number of hydrogen-bond donors (Lipinski definition) is 0. The number of hydrogen-bond acceptors (Lipinski definition) is 2. The molecule has 0 radical (unpaired) electrons. The van der Waals surface area contributed by atoms with Crippen molar-refractivity contribution in [1.29, 1.82) is 0 Å². The summed E-state index contributed by atoms with van der Waals surface area (Å²) in [5.41, 5.74) is 18.5. The molecule has 1 saturated carbocycles. The monoisotopic (exact) mass is 822 g/mol. The van der Waals surface area contributed by atoms with Crippen LogP contribution in [0.3, 0.4) is 0 Å². The molecular weight excluding hydrogens is 773 g/mol. The van der Waals surface area contributed by atoms with Crippen LogP contribution in [0.5, 0.6) is 0 Å². The molecule has 0 spiro atoms. The van der Waals surface area contributed by atoms with E-state index < -0.39 is 0 Å². The van der Waals surface area contributed by atoms with Crippen molar-refractivity contribution in [2.45, 2.75) is 25.3 Å². The lowest BCUT2D eigenvalue weighted by Gasteiger charge is -2.52. The molecule has 0 amide bonds. The summed E-state index contributed by atoms with van der Waals surface area (Å²) >= 11 is 0. The summed E-state index contributed by atoms with van der Waals surface area (Å²) in [4.78, 5) is 5.25. The van der Waals surface area contributed by atoms with Crippen molar-refractivity contribution in [3.8, 4) is 55.6 Å². The van der Waals surface area contributed by atoms with Gasteiger partial charge in [0.25, 0.3) is 0 Å². The van der Waals surface area contributed by atoms with Crippen molar-refractivity contribution < 1.29 is 0 Å². The molecule has 11 rings (SSSR count). The number of benzene rings is 9. The smallest absolute Gasteiger partial charge is 0.0537 e. The zero-order valence-corrected chi connectivity index (χ0v) is 35.9. The molecule has 1 unspecified atom stereocenters. The van der Waals surface area contributed by atoms with Crippen LogP contribution in [0.25, 0.3) is 55.6 Å². The molecule has 9 aromatic rings. The first-order chi connectivity index (χ1) is 31.7. The lowest BCUT2D eigenvalue weighted by atomic mass is 9.63. The number of nitrogens with zero attached hydrogens (tertiary/aromatic N) is 2. The summed E-state index contributed by atoms with van der Waals surface area (Å²) in [6, 6.07) is 89.0. The average Bonchev–Trinajstić information content (AvgIpc) is 3.37. The van der Waals surface area contributed by atoms with Gasteiger partial charge in [0.15, 0.2) is 0 Å². The lowest BCUT2D eigenvalue weighted by Crippen LogP contribution is -2.50. The predicted octanol–water partition coefficient (Wildman–Crippen LogP) is 16.7. The molecule has 2 aliphatic carbocycles. The zero-order chi connectivity index (χ0) is 42.7. The Hall–Kier alpha value is -7.68. The SMILES string of the molecule is C1=C(N(c2ccc(-c3ccccc3)cc2)c2ccc(-c3ccccc3)cc2-c2ccccc2)C2CC[C@H]2[C@@H](N(c2ccc(-c3ccccc3)cc2)c2ccc(-c3ccccc3)cc2)C1. The second-order valence-corrected chi connectivity index (χ2v) is 17.2. The van der Waals surface area contributed by atoms with E-state index in [1.807, 2.05) is 0 Å². The highest BCUT2D eigenvalue weighted by atomic mass is 15.2. The summed E-state index contributed by atoms with van der Waals surface area (Å²) in [6.45, 7) is 0. The maximum atomic E-state index is 2.65. The van der Waals surface area contributed by atoms with Crippen LogP contribution in [0.4, 0.5) is 22.7 Å². The van der Waals surface area contributed by atoms with Crippen molar-refractivity contribution in [2.75, 3.05) is 9.80 Å². The van der Waals surface area contributed by atoms with Gasteiger partial charge in [-0.1, -0.05) is 200 Å². The quantitative estimate of drug-likeness (QED) is 0.128. The van der Waals surface area contributed by atoms with Crippen molar-refractivity contribution in [3.05, 3.63) is 254 Å². The topological polar surface area (TPSA) is 6.48 Å². The molecule has 9 aromatic carbocycles. The maximum Gasteiger partial charge on any atom is 0.0537 e. The third kappa shape index (κ3) is 7.73. The van der Waals surface area contributed by atoms with Gasteiger partial charge in [-0.05, 0) is 124 Å². The first-order valence-corrected chi connectivity index (χ1v) is 22.8. The fraction of sp³-hybridized carbons (Fsp3) is 0.0968. The molecule has 0 aromatic heterocycles. The van der Waals surface area contributed by atoms with E-state index in [1.54, 1.807) is 0 Å². The summed E-state index contributed by atoms with van der Waals surface area (Å²) < 4.78 is 0. The first-order valence-electron chi connectivity index (χ1n) is 22.8. The highest BCUT2D eigenvalue weighted by Crippen LogP contribution is 2.54. The van der Waals surface area contributed by atoms with E-state index in [4.69, 9.17) is 0 Å². The van der Waals surface area contributed by atoms with Gasteiger partial charge in [-0.25, -0.2) is 0 Å². The highest BCUT2D eigenvalue weighted by Gasteiger charge is 2.46. The third-order valence-electron chi connectivity index (χ3n) is 13.5. The molecule has 3 atom stereocenters. The standard InChI is InChI=1S/C62H50N2/c1-6-16-45(17-7-1)49-26-33-54(34-27-49)63(55-35-28-50(29-36-55)46-18-8-2-9-19-46)60-42-43-61(58-40-39-57(58)60)64(56-37-30-51(31-38-56)47-20-10-3-11-21-47)62-41-32-53(48-22-12-4-13-23-48)44-59(62)52-24-14-5-15-25-52/h1-38,41,43-44,57-58,60H,39-40,42H2/t57-,58?,60+/m1/s1. The summed E-state index contributed by atoms with van der Waals surface area (Å²) in [7, 11) is 0. The summed E-state index contributed by atoms with van der Waals surface area (Å²) in [6.07, 6.45) is 5.85. The van der Waals surface area contributed by atoms with Gasteiger partial charge in [-0.3, -0.25) is 0 Å². The second-order valence-electron chi connectivity index (χ2n) is 17.2. The maximum absolute atomic E-state index is 2.65. The molecule has 2 heteroatoms. The molecule has 0 N–H and O–H groups in total. The Balaban J connectivity index is 1.02. The fourth-order valence-corrected chi connectivity index (χ4v) is 10.1. The van der Waals surface area contributed by atoms with Gasteiger partial charge in [0.1, 0.15) is 0 Å². The van der Waals surface area contributed by atoms with Crippen LogP contribution in [-0.4, -0.2) is 6.04 Å². The number of fused-ring (bicyclic) bond motifs is 1. The predicted molar refractivity (Wildman–Crippen MR) is 270 cm³/mol. The Morgan fingerprint density at radius 3 is 1.12 bits per heavy atom. The van der Waals surface area contributed by atoms with E-state index >= 15 is 0 Å². The van der Waals surface area contributed by atoms with Gasteiger partial charge in [0, 0.05) is 40.3 Å². The molecule has 1 fully saturated rings. The average molecular weight is 823 g/mol. The Morgan fingerprint density at radius 2 is 0.703 bits per heavy atom. The second kappa shape index (κ2) is 17.6. The molecule has 308 valence electrons. The molecule has 64 heavy (non-hydrogen) atoms. The molecule has 2 aliphatic rings. The number of allylic oxidation sites excluding steroid dienone is 1. The van der Waals surface area contributed by atoms with Gasteiger partial charge in [0.2, 0.25) is 0 Å². The first kappa shape index (κ1) is 39.2. The van der Waals surface area contributed by atoms with Crippen molar-refractivity contribution in [1.82, 2.24) is 0 Å². The number of anilines is 4. The fourth-order valence-electron chi connectivity index (χ4n) is 10.1. The van der Waals surface area contributed by atoms with E-state index in [0.717, 1.165) is 12.8 Å². The van der Waals surface area contributed by atoms with Crippen LogP contribution in [0.2, 0.25) is 0 Å². The summed E-state index contributed by atoms with van der Waals surface area (Å²) in [5, 5.41) is 0.